The van der Waals surface area contributed by atoms with Gasteiger partial charge in [-0.3, -0.25) is 0 Å². The Morgan fingerprint density at radius 2 is 1.52 bits per heavy atom. The summed E-state index contributed by atoms with van der Waals surface area (Å²) < 4.78 is 10.5. The van der Waals surface area contributed by atoms with Gasteiger partial charge in [0.1, 0.15) is 6.10 Å². The second-order valence-corrected chi connectivity index (χ2v) is 4.86. The van der Waals surface area contributed by atoms with E-state index in [-0.39, 0.29) is 12.1 Å². The molecule has 2 rings (SSSR count). The lowest BCUT2D eigenvalue weighted by Crippen LogP contribution is -2.07. The number of carbonyl (C=O) groups excluding carboxylic acids is 1. The van der Waals surface area contributed by atoms with E-state index in [1.807, 2.05) is 63.5 Å². The van der Waals surface area contributed by atoms with Gasteiger partial charge in [0.05, 0.1) is 12.7 Å². The number of ether oxygens (including phenoxy) is 2. The number of hydrogen-bond donors (Lipinski definition) is 1. The Kier molecular flexibility index (Phi) is 8.65. The van der Waals surface area contributed by atoms with Crippen molar-refractivity contribution in [2.45, 2.75) is 13.0 Å². The predicted molar refractivity (Wildman–Crippen MR) is 92.7 cm³/mol. The lowest BCUT2D eigenvalue weighted by Gasteiger charge is -2.18. The predicted octanol–water partition coefficient (Wildman–Crippen LogP) is 3.43. The van der Waals surface area contributed by atoms with Gasteiger partial charge in [-0.05, 0) is 44.3 Å². The second kappa shape index (κ2) is 10.5. The molecule has 0 saturated heterocycles. The maximum Gasteiger partial charge on any atom is 0.337 e. The van der Waals surface area contributed by atoms with Crippen LogP contribution in [-0.4, -0.2) is 33.8 Å². The molecule has 0 aliphatic heterocycles. The Hall–Kier alpha value is -2.17. The first-order valence-electron chi connectivity index (χ1n) is 7.61. The topological polar surface area (TPSA) is 47.6 Å². The first-order valence-corrected chi connectivity index (χ1v) is 7.61. The van der Waals surface area contributed by atoms with Gasteiger partial charge < -0.3 is 14.8 Å². The molecule has 0 aliphatic carbocycles. The summed E-state index contributed by atoms with van der Waals surface area (Å²) in [4.78, 5) is 11.4. The van der Waals surface area contributed by atoms with Gasteiger partial charge >= 0.3 is 5.97 Å². The third-order valence-corrected chi connectivity index (χ3v) is 3.07. The Labute approximate surface area is 138 Å². The highest BCUT2D eigenvalue weighted by Gasteiger charge is 2.14. The molecular weight excluding hydrogens is 290 g/mol. The molecule has 0 amide bonds. The van der Waals surface area contributed by atoms with Crippen LogP contribution in [0.25, 0.3) is 0 Å². The molecule has 0 bridgehead atoms. The molecule has 0 saturated carbocycles. The molecule has 2 aromatic carbocycles. The van der Waals surface area contributed by atoms with Crippen LogP contribution >= 0.6 is 0 Å². The van der Waals surface area contributed by atoms with Gasteiger partial charge in [-0.2, -0.15) is 0 Å². The number of carbonyl (C=O) groups is 1. The van der Waals surface area contributed by atoms with Crippen molar-refractivity contribution in [1.29, 1.82) is 0 Å². The molecule has 124 valence electrons. The maximum atomic E-state index is 11.4. The van der Waals surface area contributed by atoms with Gasteiger partial charge in [-0.1, -0.05) is 42.5 Å². The summed E-state index contributed by atoms with van der Waals surface area (Å²) in [5.74, 6) is -0.329. The summed E-state index contributed by atoms with van der Waals surface area (Å²) >= 11 is 0. The Morgan fingerprint density at radius 1 is 1.00 bits per heavy atom. The summed E-state index contributed by atoms with van der Waals surface area (Å²) in [6.45, 7) is 2.59. The van der Waals surface area contributed by atoms with Crippen LogP contribution in [0.4, 0.5) is 0 Å². The summed E-state index contributed by atoms with van der Waals surface area (Å²) in [5, 5.41) is 2.75. The van der Waals surface area contributed by atoms with Crippen LogP contribution in [0.5, 0.6) is 0 Å². The zero-order valence-electron chi connectivity index (χ0n) is 14.2. The fraction of sp³-hybridized carbons (Fsp3) is 0.316. The van der Waals surface area contributed by atoms with Crippen LogP contribution in [0.3, 0.4) is 0 Å². The fourth-order valence-corrected chi connectivity index (χ4v) is 2.09. The minimum Gasteiger partial charge on any atom is -0.465 e. The van der Waals surface area contributed by atoms with Crippen molar-refractivity contribution in [2.75, 3.05) is 27.8 Å². The number of hydrogen-bond acceptors (Lipinski definition) is 4. The van der Waals surface area contributed by atoms with E-state index >= 15 is 0 Å². The van der Waals surface area contributed by atoms with Crippen LogP contribution in [0, 0.1) is 0 Å². The molecule has 23 heavy (non-hydrogen) atoms. The van der Waals surface area contributed by atoms with E-state index in [9.17, 15) is 4.79 Å². The van der Waals surface area contributed by atoms with Crippen LogP contribution in [0.1, 0.15) is 34.5 Å². The summed E-state index contributed by atoms with van der Waals surface area (Å²) in [5.41, 5.74) is 2.66. The Bertz CT molecular complexity index is 567. The number of methoxy groups -OCH3 is 1. The zero-order valence-corrected chi connectivity index (χ0v) is 14.2. The van der Waals surface area contributed by atoms with Gasteiger partial charge in [0.2, 0.25) is 0 Å². The summed E-state index contributed by atoms with van der Waals surface area (Å²) in [7, 11) is 5.13. The molecule has 4 nitrogen and oxygen atoms in total. The van der Waals surface area contributed by atoms with Crippen LogP contribution in [-0.2, 0) is 9.47 Å². The van der Waals surface area contributed by atoms with Gasteiger partial charge in [0, 0.05) is 6.61 Å². The monoisotopic (exact) mass is 315 g/mol. The van der Waals surface area contributed by atoms with Crippen molar-refractivity contribution in [3.63, 3.8) is 0 Å². The van der Waals surface area contributed by atoms with Crippen molar-refractivity contribution in [2.24, 2.45) is 0 Å². The highest BCUT2D eigenvalue weighted by Crippen LogP contribution is 2.26. The minimum atomic E-state index is -0.329. The van der Waals surface area contributed by atoms with E-state index < -0.39 is 0 Å². The standard InChI is InChI=1S/C17H18O3.C2H7N/c1-3-20-16(13-7-5-4-6-8-13)14-9-11-15(12-10-14)17(18)19-2;1-3-2/h4-12,16H,3H2,1-2H3;3H,1-2H3. The molecule has 0 aliphatic rings. The van der Waals surface area contributed by atoms with Crippen LogP contribution < -0.4 is 5.32 Å². The fourth-order valence-electron chi connectivity index (χ4n) is 2.09. The molecule has 2 aromatic rings. The first-order chi connectivity index (χ1) is 11.2. The number of benzene rings is 2. The molecule has 1 unspecified atom stereocenters. The Morgan fingerprint density at radius 3 is 2.00 bits per heavy atom. The van der Waals surface area contributed by atoms with Crippen molar-refractivity contribution in [3.05, 3.63) is 71.3 Å². The number of rotatable bonds is 5. The van der Waals surface area contributed by atoms with E-state index in [0.717, 1.165) is 11.1 Å². The third kappa shape index (κ3) is 5.85. The summed E-state index contributed by atoms with van der Waals surface area (Å²) in [6.07, 6.45) is -0.118. The molecule has 0 spiro atoms. The first kappa shape index (κ1) is 18.9. The van der Waals surface area contributed by atoms with Crippen molar-refractivity contribution >= 4 is 5.97 Å². The van der Waals surface area contributed by atoms with Crippen molar-refractivity contribution < 1.29 is 14.3 Å². The van der Waals surface area contributed by atoms with Crippen LogP contribution in [0.15, 0.2) is 54.6 Å². The quantitative estimate of drug-likeness (QED) is 0.859. The molecule has 1 atom stereocenters. The lowest BCUT2D eigenvalue weighted by atomic mass is 10.00. The average Bonchev–Trinajstić information content (AvgIpc) is 2.60. The maximum absolute atomic E-state index is 11.4. The molecular formula is C19H25NO3. The van der Waals surface area contributed by atoms with Gasteiger partial charge in [0.25, 0.3) is 0 Å². The van der Waals surface area contributed by atoms with Crippen molar-refractivity contribution in [1.82, 2.24) is 5.32 Å². The Balaban J connectivity index is 0.000000816. The van der Waals surface area contributed by atoms with Crippen LogP contribution in [0.2, 0.25) is 0 Å². The van der Waals surface area contributed by atoms with Gasteiger partial charge in [-0.25, -0.2) is 4.79 Å². The number of nitrogens with one attached hydrogen (secondary N) is 1. The molecule has 4 heteroatoms. The molecule has 0 fully saturated rings. The van der Waals surface area contributed by atoms with E-state index in [4.69, 9.17) is 9.47 Å². The van der Waals surface area contributed by atoms with Gasteiger partial charge in [-0.15, -0.1) is 0 Å². The minimum absolute atomic E-state index is 0.118. The normalized spacial score (nSPS) is 11.1. The van der Waals surface area contributed by atoms with Gasteiger partial charge in [0.15, 0.2) is 0 Å². The second-order valence-electron chi connectivity index (χ2n) is 4.86. The molecule has 0 radical (unpaired) electrons. The van der Waals surface area contributed by atoms with E-state index in [0.29, 0.717) is 12.2 Å². The lowest BCUT2D eigenvalue weighted by molar-refractivity contribution is 0.0600. The SMILES string of the molecule is CCOC(c1ccccc1)c1ccc(C(=O)OC)cc1.CNC. The van der Waals surface area contributed by atoms with E-state index in [2.05, 4.69) is 5.32 Å². The highest BCUT2D eigenvalue weighted by atomic mass is 16.5. The largest absolute Gasteiger partial charge is 0.465 e. The van der Waals surface area contributed by atoms with Crippen molar-refractivity contribution in [3.8, 4) is 0 Å². The highest BCUT2D eigenvalue weighted by molar-refractivity contribution is 5.89. The van der Waals surface area contributed by atoms with E-state index in [1.165, 1.54) is 7.11 Å². The molecule has 0 heterocycles. The smallest absolute Gasteiger partial charge is 0.337 e. The molecule has 0 aromatic heterocycles. The third-order valence-electron chi connectivity index (χ3n) is 3.07. The molecule has 1 N–H and O–H groups in total. The van der Waals surface area contributed by atoms with E-state index in [1.54, 1.807) is 12.1 Å². The summed E-state index contributed by atoms with van der Waals surface area (Å²) in [6, 6.07) is 17.4. The zero-order chi connectivity index (χ0) is 17.1. The average molecular weight is 315 g/mol. The number of esters is 1.